The standard InChI is InChI=1S/C10H19N3O/c1-10(14,8-11-2)5-4-9-12-6-7-13(9)3/h6-7,11,14H,4-5,8H2,1-3H3. The normalized spacial score (nSPS) is 15.4. The molecule has 0 aliphatic rings. The SMILES string of the molecule is CNCC(C)(O)CCc1nccn1C. The van der Waals surface area contributed by atoms with Crippen LogP contribution in [0.3, 0.4) is 0 Å². The molecule has 1 rings (SSSR count). The molecule has 0 saturated carbocycles. The van der Waals surface area contributed by atoms with Crippen LogP contribution in [0.4, 0.5) is 0 Å². The first-order valence-corrected chi connectivity index (χ1v) is 4.88. The smallest absolute Gasteiger partial charge is 0.108 e. The van der Waals surface area contributed by atoms with E-state index in [2.05, 4.69) is 10.3 Å². The maximum Gasteiger partial charge on any atom is 0.108 e. The number of aromatic nitrogens is 2. The van der Waals surface area contributed by atoms with Crippen LogP contribution in [0.1, 0.15) is 19.2 Å². The highest BCUT2D eigenvalue weighted by Gasteiger charge is 2.19. The van der Waals surface area contributed by atoms with Crippen molar-refractivity contribution < 1.29 is 5.11 Å². The summed E-state index contributed by atoms with van der Waals surface area (Å²) in [5.74, 6) is 1.02. The average molecular weight is 197 g/mol. The van der Waals surface area contributed by atoms with Gasteiger partial charge in [0.2, 0.25) is 0 Å². The Labute approximate surface area is 85.0 Å². The molecule has 0 aromatic carbocycles. The molecule has 0 amide bonds. The van der Waals surface area contributed by atoms with E-state index in [1.807, 2.05) is 31.8 Å². The van der Waals surface area contributed by atoms with E-state index in [1.54, 1.807) is 6.20 Å². The van der Waals surface area contributed by atoms with Crippen molar-refractivity contribution in [2.45, 2.75) is 25.4 Å². The molecule has 80 valence electrons. The van der Waals surface area contributed by atoms with Crippen molar-refractivity contribution in [3.63, 3.8) is 0 Å². The summed E-state index contributed by atoms with van der Waals surface area (Å²) in [5.41, 5.74) is -0.652. The summed E-state index contributed by atoms with van der Waals surface area (Å²) >= 11 is 0. The van der Waals surface area contributed by atoms with Gasteiger partial charge in [0, 0.05) is 32.4 Å². The lowest BCUT2D eigenvalue weighted by Crippen LogP contribution is -2.36. The minimum absolute atomic E-state index is 0.609. The second kappa shape index (κ2) is 4.57. The zero-order chi connectivity index (χ0) is 10.6. The summed E-state index contributed by atoms with van der Waals surface area (Å²) in [6, 6.07) is 0. The number of nitrogens with zero attached hydrogens (tertiary/aromatic N) is 2. The van der Waals surface area contributed by atoms with Crippen LogP contribution in [-0.2, 0) is 13.5 Å². The first-order chi connectivity index (χ1) is 6.55. The van der Waals surface area contributed by atoms with Gasteiger partial charge in [-0.1, -0.05) is 0 Å². The molecule has 0 bridgehead atoms. The van der Waals surface area contributed by atoms with Gasteiger partial charge >= 0.3 is 0 Å². The van der Waals surface area contributed by atoms with E-state index in [1.165, 1.54) is 0 Å². The van der Waals surface area contributed by atoms with Crippen LogP contribution in [0.15, 0.2) is 12.4 Å². The number of aryl methyl sites for hydroxylation is 2. The van der Waals surface area contributed by atoms with Crippen LogP contribution in [0.25, 0.3) is 0 Å². The molecule has 0 spiro atoms. The van der Waals surface area contributed by atoms with Crippen molar-refractivity contribution in [1.29, 1.82) is 0 Å². The van der Waals surface area contributed by atoms with Crippen molar-refractivity contribution in [2.75, 3.05) is 13.6 Å². The average Bonchev–Trinajstić information content (AvgIpc) is 2.48. The molecule has 1 unspecified atom stereocenters. The van der Waals surface area contributed by atoms with E-state index in [9.17, 15) is 5.11 Å². The predicted molar refractivity (Wildman–Crippen MR) is 56.1 cm³/mol. The highest BCUT2D eigenvalue weighted by atomic mass is 16.3. The van der Waals surface area contributed by atoms with Crippen LogP contribution < -0.4 is 5.32 Å². The predicted octanol–water partition coefficient (Wildman–Crippen LogP) is 0.323. The van der Waals surface area contributed by atoms with Gasteiger partial charge in [-0.25, -0.2) is 4.98 Å². The number of hydrogen-bond acceptors (Lipinski definition) is 3. The molecule has 1 atom stereocenters. The van der Waals surface area contributed by atoms with Crippen molar-refractivity contribution in [3.05, 3.63) is 18.2 Å². The topological polar surface area (TPSA) is 50.1 Å². The number of imidazole rings is 1. The molecule has 1 heterocycles. The fourth-order valence-corrected chi connectivity index (χ4v) is 1.49. The van der Waals surface area contributed by atoms with Crippen molar-refractivity contribution >= 4 is 0 Å². The third-order valence-corrected chi connectivity index (χ3v) is 2.37. The van der Waals surface area contributed by atoms with Gasteiger partial charge in [0.15, 0.2) is 0 Å². The van der Waals surface area contributed by atoms with Crippen LogP contribution in [0.2, 0.25) is 0 Å². The summed E-state index contributed by atoms with van der Waals surface area (Å²) in [6.45, 7) is 2.45. The van der Waals surface area contributed by atoms with Crippen LogP contribution in [0, 0.1) is 0 Å². The highest BCUT2D eigenvalue weighted by molar-refractivity contribution is 4.93. The molecule has 4 heteroatoms. The van der Waals surface area contributed by atoms with Gasteiger partial charge in [0.1, 0.15) is 5.82 Å². The molecule has 1 aromatic heterocycles. The second-order valence-electron chi connectivity index (χ2n) is 3.98. The molecule has 2 N–H and O–H groups in total. The first kappa shape index (κ1) is 11.2. The summed E-state index contributed by atoms with van der Waals surface area (Å²) in [5, 5.41) is 12.9. The lowest BCUT2D eigenvalue weighted by atomic mass is 10.00. The summed E-state index contributed by atoms with van der Waals surface area (Å²) in [6.07, 6.45) is 5.22. The van der Waals surface area contributed by atoms with E-state index < -0.39 is 5.60 Å². The van der Waals surface area contributed by atoms with Gasteiger partial charge in [-0.2, -0.15) is 0 Å². The molecule has 0 radical (unpaired) electrons. The van der Waals surface area contributed by atoms with E-state index >= 15 is 0 Å². The molecule has 0 aliphatic carbocycles. The molecule has 4 nitrogen and oxygen atoms in total. The van der Waals surface area contributed by atoms with E-state index in [4.69, 9.17) is 0 Å². The minimum Gasteiger partial charge on any atom is -0.389 e. The lowest BCUT2D eigenvalue weighted by Gasteiger charge is -2.22. The summed E-state index contributed by atoms with van der Waals surface area (Å²) in [7, 11) is 3.81. The lowest BCUT2D eigenvalue weighted by molar-refractivity contribution is 0.0524. The Morgan fingerprint density at radius 3 is 2.86 bits per heavy atom. The number of hydrogen-bond donors (Lipinski definition) is 2. The Balaban J connectivity index is 2.44. The van der Waals surface area contributed by atoms with E-state index in [-0.39, 0.29) is 0 Å². The largest absolute Gasteiger partial charge is 0.389 e. The molecular weight excluding hydrogens is 178 g/mol. The third-order valence-electron chi connectivity index (χ3n) is 2.37. The second-order valence-corrected chi connectivity index (χ2v) is 3.98. The Bertz CT molecular complexity index is 281. The first-order valence-electron chi connectivity index (χ1n) is 4.88. The third kappa shape index (κ3) is 3.12. The van der Waals surface area contributed by atoms with Gasteiger partial charge in [-0.15, -0.1) is 0 Å². The van der Waals surface area contributed by atoms with Gasteiger partial charge in [0.25, 0.3) is 0 Å². The number of rotatable bonds is 5. The Morgan fingerprint density at radius 2 is 2.36 bits per heavy atom. The maximum atomic E-state index is 9.90. The fourth-order valence-electron chi connectivity index (χ4n) is 1.49. The summed E-state index contributed by atoms with van der Waals surface area (Å²) in [4.78, 5) is 4.21. The number of aliphatic hydroxyl groups is 1. The van der Waals surface area contributed by atoms with E-state index in [0.29, 0.717) is 6.54 Å². The monoisotopic (exact) mass is 197 g/mol. The van der Waals surface area contributed by atoms with Gasteiger partial charge in [0.05, 0.1) is 5.60 Å². The fraction of sp³-hybridized carbons (Fsp3) is 0.700. The zero-order valence-corrected chi connectivity index (χ0v) is 9.12. The van der Waals surface area contributed by atoms with Gasteiger partial charge in [-0.05, 0) is 20.4 Å². The highest BCUT2D eigenvalue weighted by Crippen LogP contribution is 2.11. The Kier molecular flexibility index (Phi) is 3.66. The Morgan fingerprint density at radius 1 is 1.64 bits per heavy atom. The molecule has 1 aromatic rings. The van der Waals surface area contributed by atoms with Crippen LogP contribution in [-0.4, -0.2) is 33.9 Å². The quantitative estimate of drug-likeness (QED) is 0.715. The number of likely N-dealkylation sites (N-methyl/N-ethyl adjacent to an activating group) is 1. The zero-order valence-electron chi connectivity index (χ0n) is 9.12. The Hall–Kier alpha value is -0.870. The molecule has 0 aliphatic heterocycles. The van der Waals surface area contributed by atoms with Gasteiger partial charge in [-0.3, -0.25) is 0 Å². The molecule has 0 fully saturated rings. The van der Waals surface area contributed by atoms with Crippen LogP contribution in [0.5, 0.6) is 0 Å². The molecular formula is C10H19N3O. The van der Waals surface area contributed by atoms with Crippen molar-refractivity contribution in [2.24, 2.45) is 7.05 Å². The van der Waals surface area contributed by atoms with Crippen LogP contribution >= 0.6 is 0 Å². The molecule has 14 heavy (non-hydrogen) atoms. The van der Waals surface area contributed by atoms with Gasteiger partial charge < -0.3 is 15.0 Å². The van der Waals surface area contributed by atoms with E-state index in [0.717, 1.165) is 18.7 Å². The minimum atomic E-state index is -0.652. The summed E-state index contributed by atoms with van der Waals surface area (Å²) < 4.78 is 1.98. The van der Waals surface area contributed by atoms with Crippen molar-refractivity contribution in [3.8, 4) is 0 Å². The number of nitrogens with one attached hydrogen (secondary N) is 1. The van der Waals surface area contributed by atoms with Crippen molar-refractivity contribution in [1.82, 2.24) is 14.9 Å². The maximum absolute atomic E-state index is 9.90. The molecule has 0 saturated heterocycles.